The minimum absolute atomic E-state index is 0.0668. The number of anilines is 2. The molecule has 2 aromatic rings. The van der Waals surface area contributed by atoms with E-state index in [2.05, 4.69) is 5.32 Å². The molecule has 5 heteroatoms. The molecule has 0 radical (unpaired) electrons. The molecule has 0 atom stereocenters. The van der Waals surface area contributed by atoms with Crippen LogP contribution in [0.25, 0.3) is 0 Å². The first-order chi connectivity index (χ1) is 11.0. The number of rotatable bonds is 3. The molecule has 5 nitrogen and oxygen atoms in total. The molecular formula is C18H18N2O3. The Bertz CT molecular complexity index is 753. The number of carbonyl (C=O) groups excluding carboxylic acids is 2. The molecule has 23 heavy (non-hydrogen) atoms. The third-order valence-electron chi connectivity index (χ3n) is 3.67. The van der Waals surface area contributed by atoms with E-state index in [-0.39, 0.29) is 25.0 Å². The molecule has 0 saturated carbocycles. The second-order valence-corrected chi connectivity index (χ2v) is 5.72. The fourth-order valence-corrected chi connectivity index (χ4v) is 2.51. The van der Waals surface area contributed by atoms with Crippen LogP contribution in [0.5, 0.6) is 5.75 Å². The molecule has 0 spiro atoms. The Morgan fingerprint density at radius 3 is 2.57 bits per heavy atom. The number of nitrogens with one attached hydrogen (secondary N) is 1. The standard InChI is InChI=1S/C18H18N2O3/c1-12-3-6-14(7-4-12)19-17(21)10-20-11-18(22)23-16-9-13(2)5-8-15(16)20/h3-9H,10-11H2,1-2H3,(H,19,21). The summed E-state index contributed by atoms with van der Waals surface area (Å²) in [6, 6.07) is 13.2. The van der Waals surface area contributed by atoms with Crippen molar-refractivity contribution in [2.24, 2.45) is 0 Å². The van der Waals surface area contributed by atoms with Gasteiger partial charge in [-0.05, 0) is 43.7 Å². The van der Waals surface area contributed by atoms with Crippen LogP contribution in [0, 0.1) is 13.8 Å². The van der Waals surface area contributed by atoms with Crippen molar-refractivity contribution < 1.29 is 14.3 Å². The van der Waals surface area contributed by atoms with Gasteiger partial charge in [0.2, 0.25) is 5.91 Å². The van der Waals surface area contributed by atoms with Gasteiger partial charge in [-0.2, -0.15) is 0 Å². The molecule has 3 rings (SSSR count). The lowest BCUT2D eigenvalue weighted by Crippen LogP contribution is -2.41. The maximum absolute atomic E-state index is 12.2. The Kier molecular flexibility index (Phi) is 4.02. The zero-order chi connectivity index (χ0) is 16.4. The maximum Gasteiger partial charge on any atom is 0.331 e. The van der Waals surface area contributed by atoms with Crippen LogP contribution < -0.4 is 15.0 Å². The van der Waals surface area contributed by atoms with E-state index in [9.17, 15) is 9.59 Å². The van der Waals surface area contributed by atoms with E-state index in [0.29, 0.717) is 5.75 Å². The Morgan fingerprint density at radius 1 is 1.13 bits per heavy atom. The summed E-state index contributed by atoms with van der Waals surface area (Å²) in [5.41, 5.74) is 3.63. The van der Waals surface area contributed by atoms with Crippen molar-refractivity contribution in [2.75, 3.05) is 23.3 Å². The van der Waals surface area contributed by atoms with Gasteiger partial charge in [0.25, 0.3) is 0 Å². The average molecular weight is 310 g/mol. The smallest absolute Gasteiger partial charge is 0.331 e. The van der Waals surface area contributed by atoms with Crippen molar-refractivity contribution in [1.29, 1.82) is 0 Å². The Labute approximate surface area is 134 Å². The van der Waals surface area contributed by atoms with Crippen LogP contribution in [-0.2, 0) is 9.59 Å². The molecule has 2 aromatic carbocycles. The highest BCUT2D eigenvalue weighted by atomic mass is 16.5. The topological polar surface area (TPSA) is 58.6 Å². The molecule has 0 fully saturated rings. The normalized spacial score (nSPS) is 13.3. The van der Waals surface area contributed by atoms with Crippen LogP contribution in [-0.4, -0.2) is 25.0 Å². The lowest BCUT2D eigenvalue weighted by molar-refractivity contribution is -0.133. The minimum Gasteiger partial charge on any atom is -0.423 e. The van der Waals surface area contributed by atoms with Crippen LogP contribution >= 0.6 is 0 Å². The van der Waals surface area contributed by atoms with Gasteiger partial charge < -0.3 is 15.0 Å². The SMILES string of the molecule is Cc1ccc(NC(=O)CN2CC(=O)Oc3cc(C)ccc32)cc1. The molecule has 118 valence electrons. The number of hydrogen-bond donors (Lipinski definition) is 1. The van der Waals surface area contributed by atoms with E-state index in [0.717, 1.165) is 22.5 Å². The highest BCUT2D eigenvalue weighted by Crippen LogP contribution is 2.32. The summed E-state index contributed by atoms with van der Waals surface area (Å²) in [5.74, 6) is -0.0225. The summed E-state index contributed by atoms with van der Waals surface area (Å²) in [6.45, 7) is 4.08. The number of ether oxygens (including phenoxy) is 1. The zero-order valence-electron chi connectivity index (χ0n) is 13.1. The van der Waals surface area contributed by atoms with Gasteiger partial charge in [-0.3, -0.25) is 4.79 Å². The summed E-state index contributed by atoms with van der Waals surface area (Å²) in [6.07, 6.45) is 0. The fourth-order valence-electron chi connectivity index (χ4n) is 2.51. The molecular weight excluding hydrogens is 292 g/mol. The Balaban J connectivity index is 1.73. The number of amides is 1. The molecule has 0 aromatic heterocycles. The molecule has 1 heterocycles. The Morgan fingerprint density at radius 2 is 1.83 bits per heavy atom. The number of nitrogens with zero attached hydrogens (tertiary/aromatic N) is 1. The fraction of sp³-hybridized carbons (Fsp3) is 0.222. The van der Waals surface area contributed by atoms with Gasteiger partial charge >= 0.3 is 5.97 Å². The number of carbonyl (C=O) groups is 2. The summed E-state index contributed by atoms with van der Waals surface area (Å²) < 4.78 is 5.24. The second-order valence-electron chi connectivity index (χ2n) is 5.72. The van der Waals surface area contributed by atoms with E-state index < -0.39 is 0 Å². The van der Waals surface area contributed by atoms with E-state index >= 15 is 0 Å². The lowest BCUT2D eigenvalue weighted by atomic mass is 10.1. The van der Waals surface area contributed by atoms with E-state index in [1.807, 2.05) is 50.2 Å². The van der Waals surface area contributed by atoms with E-state index in [4.69, 9.17) is 4.74 Å². The van der Waals surface area contributed by atoms with Gasteiger partial charge in [-0.25, -0.2) is 4.79 Å². The average Bonchev–Trinajstić information content (AvgIpc) is 2.49. The molecule has 1 amide bonds. The number of benzene rings is 2. The van der Waals surface area contributed by atoms with E-state index in [1.165, 1.54) is 0 Å². The minimum atomic E-state index is -0.355. The molecule has 1 aliphatic heterocycles. The number of aryl methyl sites for hydroxylation is 2. The first-order valence-corrected chi connectivity index (χ1v) is 7.44. The van der Waals surface area contributed by atoms with Crippen molar-refractivity contribution in [3.05, 3.63) is 53.6 Å². The van der Waals surface area contributed by atoms with Gasteiger partial charge in [0.05, 0.1) is 12.2 Å². The number of hydrogen-bond acceptors (Lipinski definition) is 4. The maximum atomic E-state index is 12.2. The van der Waals surface area contributed by atoms with Gasteiger partial charge in [-0.1, -0.05) is 23.8 Å². The lowest BCUT2D eigenvalue weighted by Gasteiger charge is -2.29. The predicted molar refractivity (Wildman–Crippen MR) is 88.8 cm³/mol. The van der Waals surface area contributed by atoms with Crippen LogP contribution in [0.4, 0.5) is 11.4 Å². The summed E-state index contributed by atoms with van der Waals surface area (Å²) in [7, 11) is 0. The third kappa shape index (κ3) is 3.51. The van der Waals surface area contributed by atoms with Crippen LogP contribution in [0.3, 0.4) is 0 Å². The van der Waals surface area contributed by atoms with Crippen LogP contribution in [0.2, 0.25) is 0 Å². The molecule has 0 saturated heterocycles. The van der Waals surface area contributed by atoms with Crippen molar-refractivity contribution in [3.63, 3.8) is 0 Å². The van der Waals surface area contributed by atoms with Crippen LogP contribution in [0.1, 0.15) is 11.1 Å². The largest absolute Gasteiger partial charge is 0.423 e. The van der Waals surface area contributed by atoms with Gasteiger partial charge in [-0.15, -0.1) is 0 Å². The highest BCUT2D eigenvalue weighted by molar-refractivity contribution is 5.96. The molecule has 0 unspecified atom stereocenters. The van der Waals surface area contributed by atoms with Crippen molar-refractivity contribution in [1.82, 2.24) is 0 Å². The van der Waals surface area contributed by atoms with Crippen LogP contribution in [0.15, 0.2) is 42.5 Å². The van der Waals surface area contributed by atoms with Gasteiger partial charge in [0.15, 0.2) is 5.75 Å². The monoisotopic (exact) mass is 310 g/mol. The summed E-state index contributed by atoms with van der Waals surface area (Å²) in [4.78, 5) is 25.7. The van der Waals surface area contributed by atoms with E-state index in [1.54, 1.807) is 11.0 Å². The highest BCUT2D eigenvalue weighted by Gasteiger charge is 2.25. The quantitative estimate of drug-likeness (QED) is 0.699. The van der Waals surface area contributed by atoms with Crippen molar-refractivity contribution in [3.8, 4) is 5.75 Å². The molecule has 0 aliphatic carbocycles. The predicted octanol–water partition coefficient (Wildman–Crippen LogP) is 2.67. The number of fused-ring (bicyclic) bond motifs is 1. The zero-order valence-corrected chi connectivity index (χ0v) is 13.1. The first-order valence-electron chi connectivity index (χ1n) is 7.44. The van der Waals surface area contributed by atoms with Gasteiger partial charge in [0.1, 0.15) is 6.54 Å². The second kappa shape index (κ2) is 6.12. The Hall–Kier alpha value is -2.82. The molecule has 0 bridgehead atoms. The first kappa shape index (κ1) is 15.1. The van der Waals surface area contributed by atoms with Gasteiger partial charge in [0, 0.05) is 5.69 Å². The van der Waals surface area contributed by atoms with Crippen molar-refractivity contribution >= 4 is 23.3 Å². The summed E-state index contributed by atoms with van der Waals surface area (Å²) in [5, 5.41) is 2.84. The molecule has 1 N–H and O–H groups in total. The van der Waals surface area contributed by atoms with Crippen molar-refractivity contribution in [2.45, 2.75) is 13.8 Å². The molecule has 1 aliphatic rings. The third-order valence-corrected chi connectivity index (χ3v) is 3.67. The number of esters is 1. The summed E-state index contributed by atoms with van der Waals surface area (Å²) >= 11 is 0.